The van der Waals surface area contributed by atoms with Crippen molar-refractivity contribution in [1.82, 2.24) is 0 Å². The van der Waals surface area contributed by atoms with E-state index in [1.807, 2.05) is 0 Å². The first-order valence-electron chi connectivity index (χ1n) is 9.83. The molecule has 0 aliphatic heterocycles. The molecule has 174 valence electrons. The third-order valence-electron chi connectivity index (χ3n) is 4.32. The molecule has 0 bridgehead atoms. The molecular formula is C24H21F3O6. The highest BCUT2D eigenvalue weighted by atomic mass is 19.4. The van der Waals surface area contributed by atoms with E-state index >= 15 is 0 Å². The molecule has 0 aromatic heterocycles. The Hall–Kier alpha value is -3.72. The molecule has 0 unspecified atom stereocenters. The zero-order valence-electron chi connectivity index (χ0n) is 17.6. The van der Waals surface area contributed by atoms with E-state index in [1.165, 1.54) is 25.3 Å². The van der Waals surface area contributed by atoms with Crippen molar-refractivity contribution in [3.05, 3.63) is 72.3 Å². The highest BCUT2D eigenvalue weighted by molar-refractivity contribution is 5.71. The van der Waals surface area contributed by atoms with Crippen LogP contribution in [0.5, 0.6) is 23.0 Å². The van der Waals surface area contributed by atoms with E-state index in [4.69, 9.17) is 19.3 Å². The monoisotopic (exact) mass is 462 g/mol. The largest absolute Gasteiger partial charge is 0.573 e. The van der Waals surface area contributed by atoms with E-state index in [1.54, 1.807) is 48.5 Å². The van der Waals surface area contributed by atoms with Crippen LogP contribution < -0.4 is 14.2 Å². The molecule has 1 N–H and O–H groups in total. The summed E-state index contributed by atoms with van der Waals surface area (Å²) in [5.41, 5.74) is 1.60. The lowest BCUT2D eigenvalue weighted by atomic mass is 10.1. The maximum Gasteiger partial charge on any atom is 0.573 e. The van der Waals surface area contributed by atoms with Gasteiger partial charge in [-0.15, -0.1) is 13.2 Å². The minimum atomic E-state index is -4.78. The average Bonchev–Trinajstić information content (AvgIpc) is 2.72. The van der Waals surface area contributed by atoms with Gasteiger partial charge >= 0.3 is 12.3 Å². The van der Waals surface area contributed by atoms with E-state index < -0.39 is 12.3 Å². The van der Waals surface area contributed by atoms with Crippen molar-refractivity contribution in [3.63, 3.8) is 0 Å². The van der Waals surface area contributed by atoms with Crippen LogP contribution in [0, 0.1) is 0 Å². The Morgan fingerprint density at radius 1 is 0.848 bits per heavy atom. The van der Waals surface area contributed by atoms with Gasteiger partial charge in [-0.2, -0.15) is 0 Å². The van der Waals surface area contributed by atoms with Gasteiger partial charge in [0.2, 0.25) is 0 Å². The normalized spacial score (nSPS) is 11.2. The predicted octanol–water partition coefficient (Wildman–Crippen LogP) is 5.70. The van der Waals surface area contributed by atoms with Crippen LogP contribution in [0.3, 0.4) is 0 Å². The van der Waals surface area contributed by atoms with Crippen molar-refractivity contribution >= 4 is 5.97 Å². The maximum absolute atomic E-state index is 12.5. The Labute approximate surface area is 188 Å². The minimum Gasteiger partial charge on any atom is -0.491 e. The van der Waals surface area contributed by atoms with Crippen LogP contribution >= 0.6 is 0 Å². The van der Waals surface area contributed by atoms with Gasteiger partial charge in [-0.25, -0.2) is 0 Å². The molecule has 33 heavy (non-hydrogen) atoms. The SMILES string of the molecule is COCCOc1cc(CC(=O)O)cc(Oc2cccc(-c3cccc(OC(F)(F)F)c3)c2)c1. The number of ether oxygens (including phenoxy) is 4. The zero-order valence-corrected chi connectivity index (χ0v) is 17.6. The summed E-state index contributed by atoms with van der Waals surface area (Å²) in [4.78, 5) is 11.1. The first-order chi connectivity index (χ1) is 15.7. The second-order valence-corrected chi connectivity index (χ2v) is 6.93. The number of methoxy groups -OCH3 is 1. The molecule has 3 aromatic carbocycles. The lowest BCUT2D eigenvalue weighted by molar-refractivity contribution is -0.274. The number of benzene rings is 3. The van der Waals surface area contributed by atoms with Gasteiger partial charge in [0.15, 0.2) is 0 Å². The highest BCUT2D eigenvalue weighted by Gasteiger charge is 2.31. The van der Waals surface area contributed by atoms with E-state index in [2.05, 4.69) is 4.74 Å². The van der Waals surface area contributed by atoms with Gasteiger partial charge in [-0.3, -0.25) is 4.79 Å². The summed E-state index contributed by atoms with van der Waals surface area (Å²) in [5, 5.41) is 9.13. The Balaban J connectivity index is 1.84. The minimum absolute atomic E-state index is 0.218. The van der Waals surface area contributed by atoms with Crippen molar-refractivity contribution in [2.24, 2.45) is 0 Å². The van der Waals surface area contributed by atoms with Crippen LogP contribution in [-0.4, -0.2) is 37.8 Å². The van der Waals surface area contributed by atoms with E-state index in [-0.39, 0.29) is 18.8 Å². The second-order valence-electron chi connectivity index (χ2n) is 6.93. The van der Waals surface area contributed by atoms with Crippen LogP contribution in [0.25, 0.3) is 11.1 Å². The van der Waals surface area contributed by atoms with Crippen LogP contribution in [0.15, 0.2) is 66.7 Å². The van der Waals surface area contributed by atoms with Crippen LogP contribution in [0.1, 0.15) is 5.56 Å². The molecule has 0 aliphatic rings. The van der Waals surface area contributed by atoms with Gasteiger partial charge in [-0.1, -0.05) is 24.3 Å². The Morgan fingerprint density at radius 2 is 1.48 bits per heavy atom. The molecule has 0 atom stereocenters. The molecule has 3 rings (SSSR count). The van der Waals surface area contributed by atoms with Gasteiger partial charge in [-0.05, 0) is 53.1 Å². The molecule has 0 radical (unpaired) electrons. The summed E-state index contributed by atoms with van der Waals surface area (Å²) in [6, 6.07) is 17.2. The molecule has 0 fully saturated rings. The number of hydrogen-bond acceptors (Lipinski definition) is 5. The molecule has 0 amide bonds. The van der Waals surface area contributed by atoms with Crippen molar-refractivity contribution in [2.75, 3.05) is 20.3 Å². The number of aliphatic carboxylic acids is 1. The van der Waals surface area contributed by atoms with Gasteiger partial charge < -0.3 is 24.1 Å². The summed E-state index contributed by atoms with van der Waals surface area (Å²) >= 11 is 0. The first kappa shape index (κ1) is 23.9. The van der Waals surface area contributed by atoms with Gasteiger partial charge in [0.25, 0.3) is 0 Å². The Bertz CT molecular complexity index is 1100. The number of carboxylic acid groups (broad SMARTS) is 1. The van der Waals surface area contributed by atoms with Crippen molar-refractivity contribution in [3.8, 4) is 34.1 Å². The second kappa shape index (κ2) is 10.7. The molecule has 3 aromatic rings. The summed E-state index contributed by atoms with van der Waals surface area (Å²) in [6.07, 6.45) is -5.00. The number of alkyl halides is 3. The van der Waals surface area contributed by atoms with E-state index in [0.29, 0.717) is 40.5 Å². The maximum atomic E-state index is 12.5. The smallest absolute Gasteiger partial charge is 0.491 e. The van der Waals surface area contributed by atoms with Crippen molar-refractivity contribution in [2.45, 2.75) is 12.8 Å². The average molecular weight is 462 g/mol. The molecule has 9 heteroatoms. The quantitative estimate of drug-likeness (QED) is 0.390. The standard InChI is InChI=1S/C24H21F3O6/c1-30-8-9-31-21-10-16(12-23(28)29)11-22(15-21)32-19-6-2-4-17(13-19)18-5-3-7-20(14-18)33-24(25,26)27/h2-7,10-11,13-15H,8-9,12H2,1H3,(H,28,29). The van der Waals surface area contributed by atoms with Crippen LogP contribution in [-0.2, 0) is 16.0 Å². The summed E-state index contributed by atoms with van der Waals surface area (Å²) in [5.74, 6) is -0.144. The lowest BCUT2D eigenvalue weighted by Crippen LogP contribution is -2.17. The third kappa shape index (κ3) is 7.73. The molecule has 0 saturated heterocycles. The molecule has 6 nitrogen and oxygen atoms in total. The molecule has 0 aliphatic carbocycles. The molecular weight excluding hydrogens is 441 g/mol. The van der Waals surface area contributed by atoms with E-state index in [9.17, 15) is 18.0 Å². The fourth-order valence-electron chi connectivity index (χ4n) is 3.04. The number of halogens is 3. The zero-order chi connectivity index (χ0) is 23.8. The fourth-order valence-corrected chi connectivity index (χ4v) is 3.04. The Morgan fingerprint density at radius 3 is 2.12 bits per heavy atom. The topological polar surface area (TPSA) is 74.2 Å². The third-order valence-corrected chi connectivity index (χ3v) is 4.32. The van der Waals surface area contributed by atoms with Crippen LogP contribution in [0.4, 0.5) is 13.2 Å². The summed E-state index contributed by atoms with van der Waals surface area (Å²) in [6.45, 7) is 0.636. The summed E-state index contributed by atoms with van der Waals surface area (Å²) < 4.78 is 58.0. The van der Waals surface area contributed by atoms with Crippen LogP contribution in [0.2, 0.25) is 0 Å². The number of rotatable bonds is 10. The van der Waals surface area contributed by atoms with Crippen molar-refractivity contribution in [1.29, 1.82) is 0 Å². The highest BCUT2D eigenvalue weighted by Crippen LogP contribution is 2.32. The van der Waals surface area contributed by atoms with Crippen molar-refractivity contribution < 1.29 is 42.0 Å². The molecule has 0 heterocycles. The first-order valence-corrected chi connectivity index (χ1v) is 9.83. The Kier molecular flexibility index (Phi) is 7.78. The predicted molar refractivity (Wildman–Crippen MR) is 114 cm³/mol. The number of hydrogen-bond donors (Lipinski definition) is 1. The van der Waals surface area contributed by atoms with E-state index in [0.717, 1.165) is 0 Å². The van der Waals surface area contributed by atoms with Gasteiger partial charge in [0.1, 0.15) is 29.6 Å². The fraction of sp³-hybridized carbons (Fsp3) is 0.208. The number of carbonyl (C=O) groups is 1. The summed E-state index contributed by atoms with van der Waals surface area (Å²) in [7, 11) is 1.54. The number of carboxylic acids is 1. The van der Waals surface area contributed by atoms with Gasteiger partial charge in [0.05, 0.1) is 13.0 Å². The molecule has 0 spiro atoms. The van der Waals surface area contributed by atoms with Gasteiger partial charge in [0, 0.05) is 13.2 Å². The molecule has 0 saturated carbocycles. The lowest BCUT2D eigenvalue weighted by Gasteiger charge is -2.13.